The van der Waals surface area contributed by atoms with Gasteiger partial charge < -0.3 is 9.42 Å². The molecule has 1 aliphatic heterocycles. The van der Waals surface area contributed by atoms with E-state index in [2.05, 4.69) is 20.0 Å². The zero-order valence-electron chi connectivity index (χ0n) is 17.3. The quantitative estimate of drug-likeness (QED) is 0.402. The van der Waals surface area contributed by atoms with E-state index in [0.29, 0.717) is 41.4 Å². The van der Waals surface area contributed by atoms with Crippen LogP contribution >= 0.6 is 34.3 Å². The highest BCUT2D eigenvalue weighted by Gasteiger charge is 2.25. The fourth-order valence-corrected chi connectivity index (χ4v) is 5.42. The van der Waals surface area contributed by atoms with Crippen LogP contribution in [0, 0.1) is 6.92 Å². The molecule has 7 nitrogen and oxygen atoms in total. The number of nitrogens with zero attached hydrogens (tertiary/aromatic N) is 5. The van der Waals surface area contributed by atoms with Gasteiger partial charge in [-0.15, -0.1) is 22.7 Å². The van der Waals surface area contributed by atoms with E-state index >= 15 is 0 Å². The second-order valence-corrected chi connectivity index (χ2v) is 10.2. The third-order valence-corrected chi connectivity index (χ3v) is 7.55. The van der Waals surface area contributed by atoms with E-state index < -0.39 is 0 Å². The molecule has 1 amide bonds. The zero-order valence-corrected chi connectivity index (χ0v) is 19.7. The Hall–Kier alpha value is -2.59. The standard InChI is InChI=1S/C22H20ClN5O2S2/c1-14-2-4-15(5-3-14)20-25-19(30-26-20)12-27-8-10-28(11-9-27)22(29)16-13-31-21(24-16)17-6-7-18(23)32-17/h2-7,13H,8-12H2,1H3. The number of piperazine rings is 1. The molecule has 5 rings (SSSR count). The molecule has 1 aromatic carbocycles. The molecule has 0 atom stereocenters. The van der Waals surface area contributed by atoms with Crippen molar-refractivity contribution in [2.45, 2.75) is 13.5 Å². The highest BCUT2D eigenvalue weighted by atomic mass is 35.5. The van der Waals surface area contributed by atoms with Crippen molar-refractivity contribution < 1.29 is 9.32 Å². The van der Waals surface area contributed by atoms with E-state index in [1.807, 2.05) is 53.6 Å². The Morgan fingerprint density at radius 1 is 1.09 bits per heavy atom. The molecule has 0 unspecified atom stereocenters. The average Bonchev–Trinajstić information content (AvgIpc) is 3.55. The van der Waals surface area contributed by atoms with Crippen LogP contribution in [-0.4, -0.2) is 57.0 Å². The number of thiazole rings is 1. The Morgan fingerprint density at radius 2 is 1.88 bits per heavy atom. The molecule has 4 aromatic rings. The van der Waals surface area contributed by atoms with Gasteiger partial charge in [-0.2, -0.15) is 4.98 Å². The number of hydrogen-bond acceptors (Lipinski definition) is 8. The SMILES string of the molecule is Cc1ccc(-c2noc(CN3CCN(C(=O)c4csc(-c5ccc(Cl)s5)n4)CC3)n2)cc1. The van der Waals surface area contributed by atoms with Crippen molar-refractivity contribution >= 4 is 40.2 Å². The summed E-state index contributed by atoms with van der Waals surface area (Å²) < 4.78 is 6.16. The number of carbonyl (C=O) groups is 1. The molecule has 32 heavy (non-hydrogen) atoms. The van der Waals surface area contributed by atoms with Gasteiger partial charge in [0.25, 0.3) is 5.91 Å². The summed E-state index contributed by atoms with van der Waals surface area (Å²) in [6, 6.07) is 11.8. The summed E-state index contributed by atoms with van der Waals surface area (Å²) in [5, 5.41) is 6.75. The van der Waals surface area contributed by atoms with Crippen molar-refractivity contribution in [2.75, 3.05) is 26.2 Å². The lowest BCUT2D eigenvalue weighted by molar-refractivity contribution is 0.0610. The molecule has 10 heteroatoms. The van der Waals surface area contributed by atoms with Gasteiger partial charge in [-0.3, -0.25) is 9.69 Å². The maximum Gasteiger partial charge on any atom is 0.273 e. The van der Waals surface area contributed by atoms with E-state index in [-0.39, 0.29) is 5.91 Å². The topological polar surface area (TPSA) is 75.4 Å². The number of carbonyl (C=O) groups excluding carboxylic acids is 1. The fraction of sp³-hybridized carbons (Fsp3) is 0.273. The Bertz CT molecular complexity index is 1230. The molecule has 0 radical (unpaired) electrons. The number of thiophene rings is 1. The molecular weight excluding hydrogens is 466 g/mol. The molecule has 1 fully saturated rings. The van der Waals surface area contributed by atoms with E-state index in [1.165, 1.54) is 28.2 Å². The van der Waals surface area contributed by atoms with Crippen molar-refractivity contribution in [2.24, 2.45) is 0 Å². The van der Waals surface area contributed by atoms with Gasteiger partial charge in [0, 0.05) is 37.1 Å². The van der Waals surface area contributed by atoms with Crippen molar-refractivity contribution in [3.05, 3.63) is 63.3 Å². The zero-order chi connectivity index (χ0) is 22.1. The second kappa shape index (κ2) is 9.11. The molecule has 1 aliphatic rings. The minimum absolute atomic E-state index is 0.0331. The summed E-state index contributed by atoms with van der Waals surface area (Å²) in [6.45, 7) is 5.37. The summed E-state index contributed by atoms with van der Waals surface area (Å²) >= 11 is 8.94. The molecule has 0 spiro atoms. The van der Waals surface area contributed by atoms with Crippen molar-refractivity contribution in [3.63, 3.8) is 0 Å². The Labute approximate surface area is 198 Å². The summed E-state index contributed by atoms with van der Waals surface area (Å²) in [5.41, 5.74) is 2.62. The summed E-state index contributed by atoms with van der Waals surface area (Å²) in [6.07, 6.45) is 0. The maximum atomic E-state index is 12.9. The van der Waals surface area contributed by atoms with Gasteiger partial charge in [0.1, 0.15) is 10.7 Å². The molecule has 0 N–H and O–H groups in total. The number of benzene rings is 1. The lowest BCUT2D eigenvalue weighted by Crippen LogP contribution is -2.48. The van der Waals surface area contributed by atoms with Crippen LogP contribution in [0.5, 0.6) is 0 Å². The summed E-state index contributed by atoms with van der Waals surface area (Å²) in [4.78, 5) is 27.0. The van der Waals surface area contributed by atoms with Crippen molar-refractivity contribution in [3.8, 4) is 21.3 Å². The molecule has 3 aromatic heterocycles. The van der Waals surface area contributed by atoms with Gasteiger partial charge in [-0.05, 0) is 19.1 Å². The predicted molar refractivity (Wildman–Crippen MR) is 126 cm³/mol. The van der Waals surface area contributed by atoms with Crippen LogP contribution in [0.1, 0.15) is 21.9 Å². The normalized spacial score (nSPS) is 14.8. The second-order valence-electron chi connectivity index (χ2n) is 7.59. The smallest absolute Gasteiger partial charge is 0.273 e. The third kappa shape index (κ3) is 4.61. The van der Waals surface area contributed by atoms with Gasteiger partial charge >= 0.3 is 0 Å². The van der Waals surface area contributed by atoms with Crippen LogP contribution < -0.4 is 0 Å². The van der Waals surface area contributed by atoms with E-state index in [9.17, 15) is 4.79 Å². The molecule has 164 valence electrons. The van der Waals surface area contributed by atoms with Crippen LogP contribution in [0.15, 0.2) is 46.3 Å². The van der Waals surface area contributed by atoms with Crippen LogP contribution in [0.25, 0.3) is 21.3 Å². The van der Waals surface area contributed by atoms with Gasteiger partial charge in [0.05, 0.1) is 15.8 Å². The largest absolute Gasteiger partial charge is 0.338 e. The average molecular weight is 486 g/mol. The molecule has 0 saturated carbocycles. The fourth-order valence-electron chi connectivity index (χ4n) is 3.52. The number of amides is 1. The number of rotatable bonds is 5. The molecule has 0 bridgehead atoms. The number of aryl methyl sites for hydroxylation is 1. The first-order valence-corrected chi connectivity index (χ1v) is 12.2. The maximum absolute atomic E-state index is 12.9. The monoisotopic (exact) mass is 485 g/mol. The van der Waals surface area contributed by atoms with Gasteiger partial charge in [-0.1, -0.05) is 46.6 Å². The molecule has 1 saturated heterocycles. The van der Waals surface area contributed by atoms with E-state index in [4.69, 9.17) is 16.1 Å². The lowest BCUT2D eigenvalue weighted by Gasteiger charge is -2.33. The van der Waals surface area contributed by atoms with Gasteiger partial charge in [0.2, 0.25) is 11.7 Å². The Balaban J connectivity index is 1.16. The summed E-state index contributed by atoms with van der Waals surface area (Å²) in [7, 11) is 0. The first kappa shape index (κ1) is 21.3. The number of hydrogen-bond donors (Lipinski definition) is 0. The highest BCUT2D eigenvalue weighted by Crippen LogP contribution is 2.33. The van der Waals surface area contributed by atoms with Gasteiger partial charge in [0.15, 0.2) is 0 Å². The lowest BCUT2D eigenvalue weighted by atomic mass is 10.1. The van der Waals surface area contributed by atoms with Crippen LogP contribution in [-0.2, 0) is 6.54 Å². The van der Waals surface area contributed by atoms with Crippen molar-refractivity contribution in [1.29, 1.82) is 0 Å². The van der Waals surface area contributed by atoms with E-state index in [1.54, 1.807) is 0 Å². The molecule has 0 aliphatic carbocycles. The Kier molecular flexibility index (Phi) is 6.05. The third-order valence-electron chi connectivity index (χ3n) is 5.30. The van der Waals surface area contributed by atoms with Crippen LogP contribution in [0.3, 0.4) is 0 Å². The van der Waals surface area contributed by atoms with Crippen LogP contribution in [0.4, 0.5) is 0 Å². The van der Waals surface area contributed by atoms with Crippen molar-refractivity contribution in [1.82, 2.24) is 24.9 Å². The van der Waals surface area contributed by atoms with Crippen LogP contribution in [0.2, 0.25) is 4.34 Å². The first-order chi connectivity index (χ1) is 15.5. The van der Waals surface area contributed by atoms with E-state index in [0.717, 1.165) is 28.5 Å². The van der Waals surface area contributed by atoms with Gasteiger partial charge in [-0.25, -0.2) is 4.98 Å². The minimum atomic E-state index is -0.0331. The molecule has 4 heterocycles. The minimum Gasteiger partial charge on any atom is -0.338 e. The highest BCUT2D eigenvalue weighted by molar-refractivity contribution is 7.23. The number of halogens is 1. The number of aromatic nitrogens is 3. The Morgan fingerprint density at radius 3 is 2.59 bits per heavy atom. The predicted octanol–water partition coefficient (Wildman–Crippen LogP) is 4.84. The first-order valence-electron chi connectivity index (χ1n) is 10.2. The summed E-state index contributed by atoms with van der Waals surface area (Å²) in [5.74, 6) is 1.15. The molecular formula is C22H20ClN5O2S2.